The zero-order valence-electron chi connectivity index (χ0n) is 15.8. The van der Waals surface area contributed by atoms with E-state index in [1.165, 1.54) is 23.9 Å². The average molecular weight is 425 g/mol. The summed E-state index contributed by atoms with van der Waals surface area (Å²) in [5, 5.41) is 7.48. The predicted molar refractivity (Wildman–Crippen MR) is 111 cm³/mol. The third-order valence-corrected chi connectivity index (χ3v) is 6.67. The highest BCUT2D eigenvalue weighted by atomic mass is 35.5. The second kappa shape index (κ2) is 8.23. The number of thiophene rings is 1. The second-order valence-corrected chi connectivity index (χ2v) is 8.39. The molecule has 1 N–H and O–H groups in total. The topological polar surface area (TPSA) is 76.3 Å². The van der Waals surface area contributed by atoms with Gasteiger partial charge in [-0.2, -0.15) is 11.3 Å². The van der Waals surface area contributed by atoms with E-state index in [4.69, 9.17) is 0 Å². The number of halogens is 1. The van der Waals surface area contributed by atoms with Gasteiger partial charge < -0.3 is 10.2 Å². The fourth-order valence-corrected chi connectivity index (χ4v) is 4.81. The molecule has 7 nitrogen and oxygen atoms in total. The summed E-state index contributed by atoms with van der Waals surface area (Å²) in [4.78, 5) is 39.0. The van der Waals surface area contributed by atoms with Crippen LogP contribution in [0.5, 0.6) is 0 Å². The zero-order chi connectivity index (χ0) is 19.0. The van der Waals surface area contributed by atoms with Gasteiger partial charge in [0.2, 0.25) is 5.91 Å². The maximum absolute atomic E-state index is 13.2. The smallest absolute Gasteiger partial charge is 0.331 e. The van der Waals surface area contributed by atoms with Crippen molar-refractivity contribution >= 4 is 29.7 Å². The van der Waals surface area contributed by atoms with E-state index >= 15 is 0 Å². The van der Waals surface area contributed by atoms with E-state index in [0.29, 0.717) is 6.54 Å². The molecule has 4 rings (SSSR count). The van der Waals surface area contributed by atoms with E-state index < -0.39 is 5.69 Å². The average Bonchev–Trinajstić information content (AvgIpc) is 3.09. The van der Waals surface area contributed by atoms with Crippen molar-refractivity contribution in [3.8, 4) is 0 Å². The minimum absolute atomic E-state index is 0. The van der Waals surface area contributed by atoms with Gasteiger partial charge in [0.05, 0.1) is 0 Å². The van der Waals surface area contributed by atoms with E-state index in [9.17, 15) is 14.4 Å². The fraction of sp³-hybridized carbons (Fsp3) is 0.526. The number of rotatable bonds is 5. The summed E-state index contributed by atoms with van der Waals surface area (Å²) < 4.78 is 2.35. The maximum atomic E-state index is 13.2. The molecule has 2 aromatic heterocycles. The number of aromatic nitrogens is 2. The number of amides is 1. The SMILES string of the molecule is Cl.Cn1c(=O)ccn(CC(=O)N(Cc2ccsc2)C2CC23CCNCC3)c1=O. The van der Waals surface area contributed by atoms with Crippen LogP contribution < -0.4 is 16.6 Å². The molecule has 0 radical (unpaired) electrons. The Morgan fingerprint density at radius 2 is 2.07 bits per heavy atom. The third kappa shape index (κ3) is 3.94. The zero-order valence-corrected chi connectivity index (χ0v) is 17.4. The first kappa shape index (κ1) is 20.8. The number of carbonyl (C=O) groups excluding carboxylic acids is 1. The molecule has 1 atom stereocenters. The first-order valence-electron chi connectivity index (χ1n) is 9.28. The lowest BCUT2D eigenvalue weighted by Gasteiger charge is -2.29. The van der Waals surface area contributed by atoms with E-state index in [0.717, 1.165) is 42.5 Å². The van der Waals surface area contributed by atoms with Crippen molar-refractivity contribution in [1.29, 1.82) is 0 Å². The monoisotopic (exact) mass is 424 g/mol. The van der Waals surface area contributed by atoms with Crippen molar-refractivity contribution < 1.29 is 4.79 Å². The van der Waals surface area contributed by atoms with Crippen LogP contribution in [0, 0.1) is 5.41 Å². The molecule has 1 saturated carbocycles. The van der Waals surface area contributed by atoms with Crippen LogP contribution in [-0.4, -0.2) is 39.1 Å². The largest absolute Gasteiger partial charge is 0.333 e. The van der Waals surface area contributed by atoms with Gasteiger partial charge in [0.25, 0.3) is 5.56 Å². The summed E-state index contributed by atoms with van der Waals surface area (Å²) >= 11 is 1.62. The summed E-state index contributed by atoms with van der Waals surface area (Å²) in [5.74, 6) is -0.0673. The Bertz CT molecular complexity index is 947. The summed E-state index contributed by atoms with van der Waals surface area (Å²) in [6, 6.07) is 3.60. The molecule has 2 aliphatic rings. The molecule has 152 valence electrons. The van der Waals surface area contributed by atoms with Gasteiger partial charge in [-0.15, -0.1) is 12.4 Å². The van der Waals surface area contributed by atoms with Gasteiger partial charge in [-0.1, -0.05) is 0 Å². The molecule has 1 aliphatic carbocycles. The van der Waals surface area contributed by atoms with Gasteiger partial charge in [-0.05, 0) is 60.2 Å². The lowest BCUT2D eigenvalue weighted by Crippen LogP contribution is -2.43. The lowest BCUT2D eigenvalue weighted by molar-refractivity contribution is -0.133. The lowest BCUT2D eigenvalue weighted by atomic mass is 9.93. The number of piperidine rings is 1. The number of hydrogen-bond acceptors (Lipinski definition) is 5. The van der Waals surface area contributed by atoms with Crippen molar-refractivity contribution in [2.45, 2.75) is 38.4 Å². The minimum Gasteiger partial charge on any atom is -0.333 e. The minimum atomic E-state index is -0.460. The quantitative estimate of drug-likeness (QED) is 0.782. The maximum Gasteiger partial charge on any atom is 0.331 e. The molecule has 9 heteroatoms. The molecule has 1 unspecified atom stereocenters. The van der Waals surface area contributed by atoms with Crippen LogP contribution in [-0.2, 0) is 24.9 Å². The van der Waals surface area contributed by atoms with Crippen molar-refractivity contribution in [1.82, 2.24) is 19.4 Å². The number of nitrogens with one attached hydrogen (secondary N) is 1. The Morgan fingerprint density at radius 3 is 2.75 bits per heavy atom. The first-order chi connectivity index (χ1) is 13.0. The molecular formula is C19H25ClN4O3S. The molecule has 0 aromatic carbocycles. The Hall–Kier alpha value is -1.90. The van der Waals surface area contributed by atoms with Gasteiger partial charge in [0.15, 0.2) is 0 Å². The highest BCUT2D eigenvalue weighted by molar-refractivity contribution is 7.07. The highest BCUT2D eigenvalue weighted by Gasteiger charge is 2.57. The van der Waals surface area contributed by atoms with Crippen LogP contribution >= 0.6 is 23.7 Å². The van der Waals surface area contributed by atoms with E-state index in [1.54, 1.807) is 11.3 Å². The van der Waals surface area contributed by atoms with Gasteiger partial charge in [-0.25, -0.2) is 4.79 Å². The molecule has 2 aromatic rings. The summed E-state index contributed by atoms with van der Waals surface area (Å²) in [7, 11) is 1.43. The van der Waals surface area contributed by atoms with Crippen LogP contribution in [0.4, 0.5) is 0 Å². The van der Waals surface area contributed by atoms with Crippen LogP contribution in [0.25, 0.3) is 0 Å². The molecule has 1 amide bonds. The molecule has 0 bridgehead atoms. The molecule has 1 aliphatic heterocycles. The number of hydrogen-bond donors (Lipinski definition) is 1. The van der Waals surface area contributed by atoms with Crippen molar-refractivity contribution in [2.75, 3.05) is 13.1 Å². The first-order valence-corrected chi connectivity index (χ1v) is 10.2. The molecule has 2 fully saturated rings. The fourth-order valence-electron chi connectivity index (χ4n) is 4.15. The van der Waals surface area contributed by atoms with Gasteiger partial charge in [-0.3, -0.25) is 18.7 Å². The van der Waals surface area contributed by atoms with E-state index in [1.807, 2.05) is 16.3 Å². The molecule has 28 heavy (non-hydrogen) atoms. The van der Waals surface area contributed by atoms with E-state index in [-0.39, 0.29) is 41.9 Å². The second-order valence-electron chi connectivity index (χ2n) is 7.61. The Balaban J connectivity index is 0.00000225. The summed E-state index contributed by atoms with van der Waals surface area (Å²) in [6.45, 7) is 2.53. The van der Waals surface area contributed by atoms with Gasteiger partial charge in [0, 0.05) is 31.9 Å². The van der Waals surface area contributed by atoms with Crippen molar-refractivity contribution in [3.63, 3.8) is 0 Å². The van der Waals surface area contributed by atoms with E-state index in [2.05, 4.69) is 10.7 Å². The third-order valence-electron chi connectivity index (χ3n) is 5.94. The number of nitrogens with zero attached hydrogens (tertiary/aromatic N) is 3. The number of carbonyl (C=O) groups is 1. The Morgan fingerprint density at radius 1 is 1.32 bits per heavy atom. The normalized spacial score (nSPS) is 19.8. The predicted octanol–water partition coefficient (Wildman–Crippen LogP) is 1.20. The van der Waals surface area contributed by atoms with Crippen LogP contribution in [0.3, 0.4) is 0 Å². The standard InChI is InChI=1S/C19H24N4O3S.ClH/c1-21-16(24)2-8-22(18(21)26)12-17(25)23(11-14-3-9-27-13-14)15-10-19(15)4-6-20-7-5-19;/h2-3,8-9,13,15,20H,4-7,10-12H2,1H3;1H. The van der Waals surface area contributed by atoms with Crippen LogP contribution in [0.2, 0.25) is 0 Å². The molecular weight excluding hydrogens is 400 g/mol. The van der Waals surface area contributed by atoms with Crippen LogP contribution in [0.15, 0.2) is 38.7 Å². The summed E-state index contributed by atoms with van der Waals surface area (Å²) in [5.41, 5.74) is 0.524. The highest BCUT2D eigenvalue weighted by Crippen LogP contribution is 2.56. The van der Waals surface area contributed by atoms with Crippen LogP contribution in [0.1, 0.15) is 24.8 Å². The van der Waals surface area contributed by atoms with Crippen molar-refractivity contribution in [3.05, 3.63) is 55.5 Å². The van der Waals surface area contributed by atoms with Crippen molar-refractivity contribution in [2.24, 2.45) is 12.5 Å². The summed E-state index contributed by atoms with van der Waals surface area (Å²) in [6.07, 6.45) is 4.63. The van der Waals surface area contributed by atoms with Gasteiger partial charge in [0.1, 0.15) is 6.54 Å². The van der Waals surface area contributed by atoms with Gasteiger partial charge >= 0.3 is 5.69 Å². The molecule has 1 spiro atoms. The Labute approximate surface area is 173 Å². The molecule has 1 saturated heterocycles. The Kier molecular flexibility index (Phi) is 6.12. The molecule has 3 heterocycles.